The summed E-state index contributed by atoms with van der Waals surface area (Å²) in [6.45, 7) is 2.01. The number of nitrogens with one attached hydrogen (secondary N) is 1. The number of halogens is 1. The second-order valence-corrected chi connectivity index (χ2v) is 9.36. The van der Waals surface area contributed by atoms with Gasteiger partial charge in [0.05, 0.1) is 11.5 Å². The fraction of sp³-hybridized carbons (Fsp3) is 0.588. The number of rotatable bonds is 8. The molecule has 1 aliphatic rings. The summed E-state index contributed by atoms with van der Waals surface area (Å²) in [5, 5.41) is 3.37. The van der Waals surface area contributed by atoms with Gasteiger partial charge in [-0.05, 0) is 24.6 Å². The van der Waals surface area contributed by atoms with Gasteiger partial charge in [-0.2, -0.15) is 11.8 Å². The normalized spacial score (nSPS) is 17.2. The molecule has 1 aliphatic heterocycles. The maximum absolute atomic E-state index is 12.2. The first-order chi connectivity index (χ1) is 11.9. The van der Waals surface area contributed by atoms with E-state index >= 15 is 0 Å². The van der Waals surface area contributed by atoms with Crippen LogP contribution in [0.2, 0.25) is 0 Å². The summed E-state index contributed by atoms with van der Waals surface area (Å²) in [6, 6.07) is 6.73. The molecule has 1 heterocycles. The molecule has 6 nitrogen and oxygen atoms in total. The molecule has 1 unspecified atom stereocenters. The molecular formula is C17H27ClN2O4S2. The number of benzene rings is 1. The van der Waals surface area contributed by atoms with Crippen LogP contribution in [0.4, 0.5) is 0 Å². The lowest BCUT2D eigenvalue weighted by Crippen LogP contribution is -2.42. The Morgan fingerprint density at radius 1 is 1.42 bits per heavy atom. The summed E-state index contributed by atoms with van der Waals surface area (Å²) in [6.07, 6.45) is 2.39. The van der Waals surface area contributed by atoms with E-state index in [0.29, 0.717) is 31.7 Å². The predicted molar refractivity (Wildman–Crippen MR) is 108 cm³/mol. The summed E-state index contributed by atoms with van der Waals surface area (Å²) < 4.78 is 28.7. The van der Waals surface area contributed by atoms with Gasteiger partial charge in [0.15, 0.2) is 9.84 Å². The van der Waals surface area contributed by atoms with Gasteiger partial charge >= 0.3 is 0 Å². The Labute approximate surface area is 166 Å². The van der Waals surface area contributed by atoms with E-state index in [0.717, 1.165) is 18.1 Å². The molecule has 0 aromatic heterocycles. The van der Waals surface area contributed by atoms with Gasteiger partial charge < -0.3 is 15.0 Å². The molecule has 1 atom stereocenters. The van der Waals surface area contributed by atoms with Crippen molar-refractivity contribution in [3.8, 4) is 5.75 Å². The van der Waals surface area contributed by atoms with Crippen molar-refractivity contribution in [1.82, 2.24) is 10.2 Å². The van der Waals surface area contributed by atoms with Gasteiger partial charge in [0.2, 0.25) is 5.91 Å². The summed E-state index contributed by atoms with van der Waals surface area (Å²) in [7, 11) is -1.43. The van der Waals surface area contributed by atoms with Crippen LogP contribution in [-0.2, 0) is 14.6 Å². The maximum atomic E-state index is 12.2. The molecule has 0 spiro atoms. The van der Waals surface area contributed by atoms with Crippen molar-refractivity contribution < 1.29 is 17.9 Å². The van der Waals surface area contributed by atoms with Gasteiger partial charge in [-0.3, -0.25) is 4.79 Å². The number of carbonyl (C=O) groups excluding carboxylic acids is 1. The second kappa shape index (κ2) is 11.0. The quantitative estimate of drug-likeness (QED) is 0.644. The molecule has 0 saturated carbocycles. The van der Waals surface area contributed by atoms with Gasteiger partial charge in [0.1, 0.15) is 5.75 Å². The molecule has 26 heavy (non-hydrogen) atoms. The predicted octanol–water partition coefficient (Wildman–Crippen LogP) is 1.83. The number of amides is 1. The summed E-state index contributed by atoms with van der Waals surface area (Å²) in [5.74, 6) is 2.76. The Morgan fingerprint density at radius 3 is 2.85 bits per heavy atom. The molecule has 1 aromatic rings. The van der Waals surface area contributed by atoms with E-state index in [9.17, 15) is 13.2 Å². The first-order valence-corrected chi connectivity index (χ1v) is 11.4. The van der Waals surface area contributed by atoms with Gasteiger partial charge in [-0.15, -0.1) is 12.4 Å². The third kappa shape index (κ3) is 7.73. The van der Waals surface area contributed by atoms with Crippen LogP contribution < -0.4 is 10.1 Å². The van der Waals surface area contributed by atoms with E-state index in [2.05, 4.69) is 5.32 Å². The van der Waals surface area contributed by atoms with Crippen molar-refractivity contribution in [2.75, 3.05) is 44.5 Å². The topological polar surface area (TPSA) is 75.7 Å². The Kier molecular flexibility index (Phi) is 9.78. The molecule has 1 aromatic carbocycles. The van der Waals surface area contributed by atoms with E-state index in [1.807, 2.05) is 18.8 Å². The molecule has 1 fully saturated rings. The monoisotopic (exact) mass is 422 g/mol. The molecule has 0 radical (unpaired) electrons. The molecular weight excluding hydrogens is 396 g/mol. The van der Waals surface area contributed by atoms with Crippen LogP contribution in [-0.4, -0.2) is 69.8 Å². The molecule has 1 amide bonds. The highest BCUT2D eigenvalue weighted by molar-refractivity contribution is 7.99. The molecule has 9 heteroatoms. The van der Waals surface area contributed by atoms with Crippen LogP contribution >= 0.6 is 24.2 Å². The molecule has 2 rings (SSSR count). The van der Waals surface area contributed by atoms with Gasteiger partial charge in [-0.25, -0.2) is 8.42 Å². The summed E-state index contributed by atoms with van der Waals surface area (Å²) >= 11 is 1.88. The van der Waals surface area contributed by atoms with Crippen LogP contribution in [0.3, 0.4) is 0 Å². The van der Waals surface area contributed by atoms with Crippen molar-refractivity contribution in [2.24, 2.45) is 0 Å². The largest absolute Gasteiger partial charge is 0.493 e. The average molecular weight is 423 g/mol. The number of hydrogen-bond donors (Lipinski definition) is 1. The SMILES string of the molecule is CN(CCCOc1cccc(S(C)(=O)=O)c1)C(=O)CC1CSCCN1.Cl. The number of sulfone groups is 1. The highest BCUT2D eigenvalue weighted by Gasteiger charge is 2.18. The zero-order valence-corrected chi connectivity index (χ0v) is 17.6. The fourth-order valence-corrected chi connectivity index (χ4v) is 4.13. The third-order valence-corrected chi connectivity index (χ3v) is 6.23. The van der Waals surface area contributed by atoms with Crippen LogP contribution in [0.15, 0.2) is 29.2 Å². The summed E-state index contributed by atoms with van der Waals surface area (Å²) in [5.41, 5.74) is 0. The highest BCUT2D eigenvalue weighted by atomic mass is 35.5. The Balaban J connectivity index is 0.00000338. The summed E-state index contributed by atoms with van der Waals surface area (Å²) in [4.78, 5) is 14.2. The second-order valence-electron chi connectivity index (χ2n) is 6.19. The maximum Gasteiger partial charge on any atom is 0.223 e. The van der Waals surface area contributed by atoms with Crippen molar-refractivity contribution in [2.45, 2.75) is 23.8 Å². The van der Waals surface area contributed by atoms with E-state index < -0.39 is 9.84 Å². The van der Waals surface area contributed by atoms with E-state index in [1.54, 1.807) is 23.1 Å². The number of ether oxygens (including phenoxy) is 1. The van der Waals surface area contributed by atoms with Crippen LogP contribution in [0.5, 0.6) is 5.75 Å². The third-order valence-electron chi connectivity index (χ3n) is 3.99. The van der Waals surface area contributed by atoms with Crippen LogP contribution in [0, 0.1) is 0 Å². The first kappa shape index (κ1) is 23.1. The number of nitrogens with zero attached hydrogens (tertiary/aromatic N) is 1. The lowest BCUT2D eigenvalue weighted by Gasteiger charge is -2.25. The molecule has 1 saturated heterocycles. The van der Waals surface area contributed by atoms with Crippen molar-refractivity contribution in [1.29, 1.82) is 0 Å². The lowest BCUT2D eigenvalue weighted by molar-refractivity contribution is -0.130. The van der Waals surface area contributed by atoms with E-state index in [-0.39, 0.29) is 29.3 Å². The Morgan fingerprint density at radius 2 is 2.19 bits per heavy atom. The average Bonchev–Trinajstić information content (AvgIpc) is 2.59. The van der Waals surface area contributed by atoms with Crippen molar-refractivity contribution in [3.63, 3.8) is 0 Å². The zero-order chi connectivity index (χ0) is 18.3. The van der Waals surface area contributed by atoms with Gasteiger partial charge in [0, 0.05) is 50.4 Å². The number of carbonyl (C=O) groups is 1. The molecule has 1 N–H and O–H groups in total. The van der Waals surface area contributed by atoms with Crippen molar-refractivity contribution in [3.05, 3.63) is 24.3 Å². The standard InChI is InChI=1S/C17H26N2O4S2.ClH/c1-19(17(20)11-14-13-24-10-7-18-14)8-4-9-23-15-5-3-6-16(12-15)25(2,21)22;/h3,5-6,12,14,18H,4,7-11,13H2,1-2H3;1H. The lowest BCUT2D eigenvalue weighted by atomic mass is 10.2. The molecule has 0 aliphatic carbocycles. The van der Waals surface area contributed by atoms with Gasteiger partial charge in [0.25, 0.3) is 0 Å². The van der Waals surface area contributed by atoms with Gasteiger partial charge in [-0.1, -0.05) is 6.07 Å². The first-order valence-electron chi connectivity index (χ1n) is 8.34. The zero-order valence-electron chi connectivity index (χ0n) is 15.1. The highest BCUT2D eigenvalue weighted by Crippen LogP contribution is 2.17. The van der Waals surface area contributed by atoms with Crippen LogP contribution in [0.25, 0.3) is 0 Å². The Bertz CT molecular complexity index is 679. The Hall–Kier alpha value is -0.960. The molecule has 0 bridgehead atoms. The number of thioether (sulfide) groups is 1. The van der Waals surface area contributed by atoms with Crippen molar-refractivity contribution >= 4 is 39.9 Å². The smallest absolute Gasteiger partial charge is 0.223 e. The van der Waals surface area contributed by atoms with E-state index in [1.165, 1.54) is 12.3 Å². The van der Waals surface area contributed by atoms with E-state index in [4.69, 9.17) is 4.74 Å². The minimum Gasteiger partial charge on any atom is -0.493 e. The minimum atomic E-state index is -3.24. The minimum absolute atomic E-state index is 0. The fourth-order valence-electron chi connectivity index (χ4n) is 2.53. The number of hydrogen-bond acceptors (Lipinski definition) is 6. The van der Waals surface area contributed by atoms with Crippen LogP contribution in [0.1, 0.15) is 12.8 Å². The molecule has 148 valence electrons.